The lowest BCUT2D eigenvalue weighted by Gasteiger charge is -2.00. The van der Waals surface area contributed by atoms with E-state index in [0.717, 1.165) is 0 Å². The molecular weight excluding hydrogens is 304 g/mol. The Morgan fingerprint density at radius 3 is 2.74 bits per heavy atom. The fourth-order valence-electron chi connectivity index (χ4n) is 1.61. The number of carbonyl (C=O) groups excluding carboxylic acids is 1. The van der Waals surface area contributed by atoms with Gasteiger partial charge in [0.05, 0.1) is 17.2 Å². The number of ether oxygens (including phenoxy) is 1. The Bertz CT molecular complexity index is 736. The number of nitrogens with zero attached hydrogens (tertiary/aromatic N) is 3. The van der Waals surface area contributed by atoms with Gasteiger partial charge in [0.2, 0.25) is 0 Å². The summed E-state index contributed by atoms with van der Waals surface area (Å²) in [7, 11) is 0. The largest absolute Gasteiger partial charge is 0.461 e. The number of rotatable bonds is 6. The molecule has 1 aromatic carbocycles. The quantitative estimate of drug-likeness (QED) is 0.376. The van der Waals surface area contributed by atoms with Gasteiger partial charge >= 0.3 is 5.97 Å². The number of nitro groups is 1. The summed E-state index contributed by atoms with van der Waals surface area (Å²) in [6, 6.07) is 7.20. The minimum atomic E-state index is -0.571. The van der Waals surface area contributed by atoms with Crippen molar-refractivity contribution in [3.8, 4) is 0 Å². The van der Waals surface area contributed by atoms with Crippen molar-refractivity contribution in [3.63, 3.8) is 0 Å². The topological polar surface area (TPSA) is 120 Å². The highest BCUT2D eigenvalue weighted by atomic mass is 16.6. The molecule has 0 saturated carbocycles. The zero-order chi connectivity index (χ0) is 16.8. The van der Waals surface area contributed by atoms with Crippen molar-refractivity contribution in [1.82, 2.24) is 5.16 Å². The monoisotopic (exact) mass is 318 g/mol. The fraction of sp³-hybridized carbons (Fsp3) is 0.214. The number of nitro benzene ring substituents is 1. The average molecular weight is 318 g/mol. The number of hydrazone groups is 1. The van der Waals surface area contributed by atoms with E-state index in [1.165, 1.54) is 30.3 Å². The Balaban J connectivity index is 2.05. The number of non-ortho nitro benzene ring substituents is 1. The van der Waals surface area contributed by atoms with Crippen molar-refractivity contribution in [3.05, 3.63) is 51.9 Å². The van der Waals surface area contributed by atoms with Crippen molar-refractivity contribution in [2.45, 2.75) is 13.8 Å². The van der Waals surface area contributed by atoms with Crippen LogP contribution in [0.5, 0.6) is 0 Å². The standard InChI is InChI=1S/C14H14N4O5/c1-3-22-14(19)12-8-13(23-17-12)9(2)15-16-10-4-6-11(7-5-10)18(20)21/h4-8,16H,3H2,1-2H3. The first kappa shape index (κ1) is 16.1. The SMILES string of the molecule is CCOC(=O)c1cc(C(C)=NNc2ccc([N+](=O)[O-])cc2)on1. The molecule has 23 heavy (non-hydrogen) atoms. The van der Waals surface area contributed by atoms with Crippen molar-refractivity contribution in [1.29, 1.82) is 0 Å². The molecule has 0 radical (unpaired) electrons. The molecular formula is C14H14N4O5. The van der Waals surface area contributed by atoms with E-state index in [2.05, 4.69) is 15.7 Å². The van der Waals surface area contributed by atoms with Crippen molar-refractivity contribution in [2.75, 3.05) is 12.0 Å². The van der Waals surface area contributed by atoms with Crippen LogP contribution in [0.25, 0.3) is 0 Å². The smallest absolute Gasteiger partial charge is 0.360 e. The summed E-state index contributed by atoms with van der Waals surface area (Å²) < 4.78 is 9.83. The maximum absolute atomic E-state index is 11.5. The highest BCUT2D eigenvalue weighted by Gasteiger charge is 2.15. The minimum absolute atomic E-state index is 0.00874. The molecule has 120 valence electrons. The number of hydrogen-bond donors (Lipinski definition) is 1. The molecule has 0 fully saturated rings. The Morgan fingerprint density at radius 1 is 1.43 bits per heavy atom. The van der Waals surface area contributed by atoms with Gasteiger partial charge in [-0.2, -0.15) is 5.10 Å². The highest BCUT2D eigenvalue weighted by molar-refractivity contribution is 5.98. The van der Waals surface area contributed by atoms with Crippen LogP contribution in [-0.4, -0.2) is 28.4 Å². The number of carbonyl (C=O) groups is 1. The Morgan fingerprint density at radius 2 is 2.13 bits per heavy atom. The summed E-state index contributed by atoms with van der Waals surface area (Å²) in [5.41, 5.74) is 3.81. The molecule has 0 unspecified atom stereocenters. The van der Waals surface area contributed by atoms with E-state index in [-0.39, 0.29) is 18.0 Å². The molecule has 9 heteroatoms. The molecule has 1 aromatic heterocycles. The number of aromatic nitrogens is 1. The van der Waals surface area contributed by atoms with E-state index in [4.69, 9.17) is 9.26 Å². The predicted octanol–water partition coefficient (Wildman–Crippen LogP) is 2.60. The van der Waals surface area contributed by atoms with E-state index in [9.17, 15) is 14.9 Å². The average Bonchev–Trinajstić information content (AvgIpc) is 3.03. The second-order valence-electron chi connectivity index (χ2n) is 4.41. The summed E-state index contributed by atoms with van der Waals surface area (Å²) >= 11 is 0. The van der Waals surface area contributed by atoms with Crippen molar-refractivity contribution >= 4 is 23.1 Å². The third kappa shape index (κ3) is 4.13. The first-order valence-electron chi connectivity index (χ1n) is 6.70. The molecule has 0 bridgehead atoms. The lowest BCUT2D eigenvalue weighted by atomic mass is 10.3. The van der Waals surface area contributed by atoms with Gasteiger partial charge < -0.3 is 9.26 Å². The fourth-order valence-corrected chi connectivity index (χ4v) is 1.61. The van der Waals surface area contributed by atoms with Gasteiger partial charge in [-0.05, 0) is 26.0 Å². The third-order valence-electron chi connectivity index (χ3n) is 2.78. The summed E-state index contributed by atoms with van der Waals surface area (Å²) in [4.78, 5) is 21.6. The molecule has 0 aliphatic carbocycles. The molecule has 0 aliphatic rings. The molecule has 0 saturated heterocycles. The molecule has 0 aliphatic heterocycles. The van der Waals surface area contributed by atoms with E-state index >= 15 is 0 Å². The van der Waals surface area contributed by atoms with Crippen LogP contribution < -0.4 is 5.43 Å². The maximum Gasteiger partial charge on any atom is 0.360 e. The molecule has 2 rings (SSSR count). The first-order chi connectivity index (χ1) is 11.0. The molecule has 0 atom stereocenters. The number of nitrogens with one attached hydrogen (secondary N) is 1. The Hall–Kier alpha value is -3.23. The van der Waals surface area contributed by atoms with Gasteiger partial charge in [0.25, 0.3) is 5.69 Å². The minimum Gasteiger partial charge on any atom is -0.461 e. The lowest BCUT2D eigenvalue weighted by Crippen LogP contribution is -2.04. The lowest BCUT2D eigenvalue weighted by molar-refractivity contribution is -0.384. The Labute approximate surface area is 131 Å². The van der Waals surface area contributed by atoms with Crippen LogP contribution in [0.2, 0.25) is 0 Å². The highest BCUT2D eigenvalue weighted by Crippen LogP contribution is 2.15. The predicted molar refractivity (Wildman–Crippen MR) is 81.4 cm³/mol. The van der Waals surface area contributed by atoms with Gasteiger partial charge in [0, 0.05) is 18.2 Å². The van der Waals surface area contributed by atoms with Crippen LogP contribution in [0, 0.1) is 10.1 Å². The second-order valence-corrected chi connectivity index (χ2v) is 4.41. The summed E-state index contributed by atoms with van der Waals surface area (Å²) in [6.45, 7) is 3.60. The van der Waals surface area contributed by atoms with E-state index in [1.807, 2.05) is 0 Å². The summed E-state index contributed by atoms with van der Waals surface area (Å²) in [5, 5.41) is 18.2. The number of hydrogen-bond acceptors (Lipinski definition) is 8. The van der Waals surface area contributed by atoms with Crippen LogP contribution in [0.1, 0.15) is 30.1 Å². The zero-order valence-corrected chi connectivity index (χ0v) is 12.5. The maximum atomic E-state index is 11.5. The van der Waals surface area contributed by atoms with Crippen LogP contribution in [0.15, 0.2) is 40.0 Å². The zero-order valence-electron chi connectivity index (χ0n) is 12.5. The number of esters is 1. The first-order valence-corrected chi connectivity index (χ1v) is 6.70. The summed E-state index contributed by atoms with van der Waals surface area (Å²) in [6.07, 6.45) is 0. The van der Waals surface area contributed by atoms with E-state index in [1.54, 1.807) is 13.8 Å². The van der Waals surface area contributed by atoms with Gasteiger partial charge in [0.15, 0.2) is 11.5 Å². The third-order valence-corrected chi connectivity index (χ3v) is 2.78. The van der Waals surface area contributed by atoms with Crippen LogP contribution in [0.3, 0.4) is 0 Å². The van der Waals surface area contributed by atoms with Crippen LogP contribution in [0.4, 0.5) is 11.4 Å². The van der Waals surface area contributed by atoms with Gasteiger partial charge in [-0.3, -0.25) is 15.5 Å². The van der Waals surface area contributed by atoms with Crippen molar-refractivity contribution in [2.24, 2.45) is 5.10 Å². The van der Waals surface area contributed by atoms with Gasteiger partial charge in [-0.25, -0.2) is 4.79 Å². The molecule has 0 spiro atoms. The second kappa shape index (κ2) is 7.16. The molecule has 9 nitrogen and oxygen atoms in total. The number of anilines is 1. The molecule has 2 aromatic rings. The van der Waals surface area contributed by atoms with E-state index in [0.29, 0.717) is 17.2 Å². The van der Waals surface area contributed by atoms with Crippen LogP contribution in [-0.2, 0) is 4.74 Å². The van der Waals surface area contributed by atoms with Gasteiger partial charge in [-0.15, -0.1) is 0 Å². The normalized spacial score (nSPS) is 11.1. The number of benzene rings is 1. The van der Waals surface area contributed by atoms with Crippen LogP contribution >= 0.6 is 0 Å². The summed E-state index contributed by atoms with van der Waals surface area (Å²) in [5.74, 6) is -0.263. The van der Waals surface area contributed by atoms with E-state index < -0.39 is 10.9 Å². The molecule has 0 amide bonds. The molecule has 1 N–H and O–H groups in total. The van der Waals surface area contributed by atoms with Gasteiger partial charge in [-0.1, -0.05) is 5.16 Å². The molecule has 1 heterocycles. The van der Waals surface area contributed by atoms with Gasteiger partial charge in [0.1, 0.15) is 5.71 Å². The Kier molecular flexibility index (Phi) is 5.03. The van der Waals surface area contributed by atoms with Crippen molar-refractivity contribution < 1.29 is 19.0 Å².